The van der Waals surface area contributed by atoms with Gasteiger partial charge in [-0.25, -0.2) is 0 Å². The van der Waals surface area contributed by atoms with Gasteiger partial charge in [-0.15, -0.1) is 0 Å². The Hall–Kier alpha value is -4.00. The lowest BCUT2D eigenvalue weighted by Gasteiger charge is -2.23. The van der Waals surface area contributed by atoms with Crippen LogP contribution in [0.1, 0.15) is 34.0 Å². The molecule has 0 aliphatic carbocycles. The van der Waals surface area contributed by atoms with Gasteiger partial charge in [0.15, 0.2) is 11.5 Å². The van der Waals surface area contributed by atoms with Crippen LogP contribution in [-0.2, 0) is 16.8 Å². The van der Waals surface area contributed by atoms with Gasteiger partial charge in [-0.05, 0) is 42.3 Å². The Morgan fingerprint density at radius 2 is 1.73 bits per heavy atom. The Bertz CT molecular complexity index is 1290. The molecule has 0 radical (unpaired) electrons. The van der Waals surface area contributed by atoms with E-state index in [0.29, 0.717) is 35.9 Å². The maximum Gasteiger partial charge on any atom is 0.251 e. The number of anilines is 1. The minimum atomic E-state index is -0.923. The molecule has 3 heterocycles. The van der Waals surface area contributed by atoms with Crippen molar-refractivity contribution in [2.75, 3.05) is 24.8 Å². The molecule has 0 aromatic heterocycles. The molecule has 7 heteroatoms. The Morgan fingerprint density at radius 3 is 2.52 bits per heavy atom. The number of para-hydroxylation sites is 1. The summed E-state index contributed by atoms with van der Waals surface area (Å²) in [6.07, 6.45) is 0. The molecule has 6 rings (SSSR count). The van der Waals surface area contributed by atoms with Gasteiger partial charge in [0.2, 0.25) is 12.7 Å². The van der Waals surface area contributed by atoms with Crippen molar-refractivity contribution in [1.29, 1.82) is 0 Å². The summed E-state index contributed by atoms with van der Waals surface area (Å²) in [7, 11) is 0. The number of carbonyl (C=O) groups excluding carboxylic acids is 2. The summed E-state index contributed by atoms with van der Waals surface area (Å²) in [6.45, 7) is 3.25. The molecule has 166 valence electrons. The third-order valence-corrected chi connectivity index (χ3v) is 6.54. The van der Waals surface area contributed by atoms with Crippen LogP contribution < -0.4 is 24.4 Å². The van der Waals surface area contributed by atoms with Crippen LogP contribution in [0, 0.1) is 0 Å². The monoisotopic (exact) mass is 442 g/mol. The van der Waals surface area contributed by atoms with Crippen LogP contribution in [0.3, 0.4) is 0 Å². The van der Waals surface area contributed by atoms with Crippen molar-refractivity contribution in [1.82, 2.24) is 5.32 Å². The van der Waals surface area contributed by atoms with Crippen molar-refractivity contribution in [2.24, 2.45) is 0 Å². The maximum atomic E-state index is 14.0. The summed E-state index contributed by atoms with van der Waals surface area (Å²) in [5.41, 5.74) is 3.20. The molecular formula is C26H22N2O5. The van der Waals surface area contributed by atoms with Gasteiger partial charge in [-0.1, -0.05) is 30.3 Å². The summed E-state index contributed by atoms with van der Waals surface area (Å²) in [5, 5.41) is 2.80. The van der Waals surface area contributed by atoms with Gasteiger partial charge in [0.25, 0.3) is 5.91 Å². The van der Waals surface area contributed by atoms with Crippen LogP contribution in [0.25, 0.3) is 0 Å². The Morgan fingerprint density at radius 1 is 0.970 bits per heavy atom. The Kier molecular flexibility index (Phi) is 4.33. The van der Waals surface area contributed by atoms with Crippen molar-refractivity contribution in [3.63, 3.8) is 0 Å². The van der Waals surface area contributed by atoms with Gasteiger partial charge in [-0.2, -0.15) is 0 Å². The van der Waals surface area contributed by atoms with Crippen molar-refractivity contribution < 1.29 is 23.8 Å². The highest BCUT2D eigenvalue weighted by Gasteiger charge is 2.57. The number of fused-ring (bicyclic) bond motifs is 5. The summed E-state index contributed by atoms with van der Waals surface area (Å²) in [4.78, 5) is 27.9. The maximum absolute atomic E-state index is 14.0. The van der Waals surface area contributed by atoms with Crippen molar-refractivity contribution in [2.45, 2.75) is 18.9 Å². The first kappa shape index (κ1) is 19.7. The smallest absolute Gasteiger partial charge is 0.251 e. The van der Waals surface area contributed by atoms with E-state index >= 15 is 0 Å². The highest BCUT2D eigenvalue weighted by atomic mass is 16.7. The van der Waals surface area contributed by atoms with Gasteiger partial charge >= 0.3 is 0 Å². The molecule has 2 amide bonds. The summed E-state index contributed by atoms with van der Waals surface area (Å²) >= 11 is 0. The van der Waals surface area contributed by atoms with Crippen LogP contribution in [-0.4, -0.2) is 31.8 Å². The topological polar surface area (TPSA) is 77.1 Å². The zero-order valence-corrected chi connectivity index (χ0v) is 18.1. The van der Waals surface area contributed by atoms with E-state index in [-0.39, 0.29) is 25.2 Å². The fraction of sp³-hybridized carbons (Fsp3) is 0.231. The number of benzene rings is 3. The molecule has 0 bridgehead atoms. The molecule has 3 aromatic carbocycles. The van der Waals surface area contributed by atoms with Crippen LogP contribution >= 0.6 is 0 Å². The van der Waals surface area contributed by atoms with Crippen molar-refractivity contribution in [3.05, 3.63) is 82.9 Å². The molecule has 3 aliphatic heterocycles. The molecule has 1 N–H and O–H groups in total. The van der Waals surface area contributed by atoms with Crippen molar-refractivity contribution >= 4 is 17.5 Å². The molecule has 3 aliphatic rings. The molecule has 0 saturated carbocycles. The van der Waals surface area contributed by atoms with E-state index in [0.717, 1.165) is 22.4 Å². The minimum Gasteiger partial charge on any atom is -0.491 e. The molecule has 7 nitrogen and oxygen atoms in total. The van der Waals surface area contributed by atoms with Gasteiger partial charge in [0, 0.05) is 29.4 Å². The first-order valence-electron chi connectivity index (χ1n) is 11.0. The number of amides is 2. The highest BCUT2D eigenvalue weighted by molar-refractivity contribution is 6.11. The lowest BCUT2D eigenvalue weighted by molar-refractivity contribution is -0.122. The largest absolute Gasteiger partial charge is 0.491 e. The molecule has 0 saturated heterocycles. The summed E-state index contributed by atoms with van der Waals surface area (Å²) in [6, 6.07) is 18.9. The second-order valence-corrected chi connectivity index (χ2v) is 8.36. The third kappa shape index (κ3) is 2.81. The number of nitrogens with one attached hydrogen (secondary N) is 1. The van der Waals surface area contributed by atoms with E-state index < -0.39 is 5.41 Å². The summed E-state index contributed by atoms with van der Waals surface area (Å²) in [5.74, 6) is 1.77. The average molecular weight is 442 g/mol. The third-order valence-electron chi connectivity index (χ3n) is 6.54. The van der Waals surface area contributed by atoms with E-state index in [1.165, 1.54) is 0 Å². The second kappa shape index (κ2) is 7.27. The number of hydrogen-bond donors (Lipinski definition) is 1. The molecule has 33 heavy (non-hydrogen) atoms. The van der Waals surface area contributed by atoms with Crippen LogP contribution in [0.4, 0.5) is 5.69 Å². The van der Waals surface area contributed by atoms with E-state index in [1.807, 2.05) is 55.5 Å². The molecule has 3 aromatic rings. The number of rotatable bonds is 4. The predicted molar refractivity (Wildman–Crippen MR) is 121 cm³/mol. The Labute approximate surface area is 190 Å². The summed E-state index contributed by atoms with van der Waals surface area (Å²) < 4.78 is 17.1. The van der Waals surface area contributed by atoms with E-state index in [4.69, 9.17) is 14.2 Å². The number of hydrogen-bond acceptors (Lipinski definition) is 5. The molecule has 1 unspecified atom stereocenters. The molecule has 0 fully saturated rings. The van der Waals surface area contributed by atoms with Crippen LogP contribution in [0.15, 0.2) is 60.7 Å². The van der Waals surface area contributed by atoms with Crippen molar-refractivity contribution in [3.8, 4) is 17.2 Å². The van der Waals surface area contributed by atoms with E-state index in [9.17, 15) is 9.59 Å². The van der Waals surface area contributed by atoms with E-state index in [1.54, 1.807) is 17.0 Å². The predicted octanol–water partition coefficient (Wildman–Crippen LogP) is 3.39. The van der Waals surface area contributed by atoms with E-state index in [2.05, 4.69) is 5.32 Å². The molecular weight excluding hydrogens is 420 g/mol. The van der Waals surface area contributed by atoms with Gasteiger partial charge in [0.05, 0.1) is 6.54 Å². The first-order valence-corrected chi connectivity index (χ1v) is 11.0. The number of nitrogens with zero attached hydrogens (tertiary/aromatic N) is 1. The first-order chi connectivity index (χ1) is 16.1. The number of ether oxygens (including phenoxy) is 3. The number of carbonyl (C=O) groups is 2. The zero-order valence-electron chi connectivity index (χ0n) is 18.1. The highest BCUT2D eigenvalue weighted by Crippen LogP contribution is 2.55. The minimum absolute atomic E-state index is 0.0332. The fourth-order valence-electron chi connectivity index (χ4n) is 4.93. The van der Waals surface area contributed by atoms with Crippen LogP contribution in [0.5, 0.6) is 17.2 Å². The fourth-order valence-corrected chi connectivity index (χ4v) is 4.93. The zero-order chi connectivity index (χ0) is 22.6. The van der Waals surface area contributed by atoms with Gasteiger partial charge in [0.1, 0.15) is 17.8 Å². The van der Waals surface area contributed by atoms with Gasteiger partial charge in [-0.3, -0.25) is 9.59 Å². The lowest BCUT2D eigenvalue weighted by atomic mass is 9.77. The van der Waals surface area contributed by atoms with Crippen LogP contribution in [0.2, 0.25) is 0 Å². The quantitative estimate of drug-likeness (QED) is 0.670. The average Bonchev–Trinajstić information content (AvgIpc) is 3.51. The molecule has 1 atom stereocenters. The molecule has 1 spiro atoms. The van der Waals surface area contributed by atoms with Gasteiger partial charge < -0.3 is 24.4 Å². The lowest BCUT2D eigenvalue weighted by Crippen LogP contribution is -2.42. The Balaban J connectivity index is 1.38. The second-order valence-electron chi connectivity index (χ2n) is 8.36. The SMILES string of the molecule is CCNC(=O)c1ccc(CN2C(=O)C3(COc4cc5c(cc43)OCO5)c3ccccc32)cc1. The normalized spacial score (nSPS) is 19.4. The standard InChI is InChI=1S/C26H22N2O5/c1-2-27-24(29)17-9-7-16(8-10-17)13-28-20-6-4-3-5-18(20)26(25(28)30)14-31-21-12-23-22(11-19(21)26)32-15-33-23/h3-12H,2,13-15H2,1H3,(H,27,29).